The minimum Gasteiger partial charge on any atom is -0.493 e. The highest BCUT2D eigenvalue weighted by molar-refractivity contribution is 5.43. The number of hydrogen-bond acceptors (Lipinski definition) is 4. The summed E-state index contributed by atoms with van der Waals surface area (Å²) in [5.41, 5.74) is 3.35. The van der Waals surface area contributed by atoms with Crippen molar-refractivity contribution in [3.8, 4) is 11.5 Å². The zero-order chi connectivity index (χ0) is 16.7. The number of benzene rings is 2. The van der Waals surface area contributed by atoms with Gasteiger partial charge in [0.1, 0.15) is 6.61 Å². The molecule has 0 spiro atoms. The summed E-state index contributed by atoms with van der Waals surface area (Å²) in [7, 11) is 1.61. The molecule has 0 radical (unpaired) electrons. The van der Waals surface area contributed by atoms with Crippen LogP contribution in [0.4, 0.5) is 0 Å². The molecule has 4 nitrogen and oxygen atoms in total. The highest BCUT2D eigenvalue weighted by Gasteiger charge is 2.08. The highest BCUT2D eigenvalue weighted by Crippen LogP contribution is 2.29. The second-order valence-electron chi connectivity index (χ2n) is 5.63. The third-order valence-corrected chi connectivity index (χ3v) is 3.72. The first-order chi connectivity index (χ1) is 11.1. The Kier molecular flexibility index (Phi) is 6.44. The molecule has 0 bridgehead atoms. The van der Waals surface area contributed by atoms with Gasteiger partial charge in [-0.05, 0) is 43.0 Å². The quantitative estimate of drug-likeness (QED) is 0.786. The fourth-order valence-electron chi connectivity index (χ4n) is 2.26. The Labute approximate surface area is 137 Å². The molecule has 0 fully saturated rings. The van der Waals surface area contributed by atoms with Gasteiger partial charge < -0.3 is 19.7 Å². The van der Waals surface area contributed by atoms with Crippen molar-refractivity contribution >= 4 is 0 Å². The zero-order valence-corrected chi connectivity index (χ0v) is 13.7. The molecule has 124 valence electrons. The molecular weight excluding hydrogens is 292 g/mol. The first-order valence-electron chi connectivity index (χ1n) is 7.76. The monoisotopic (exact) mass is 316 g/mol. The summed E-state index contributed by atoms with van der Waals surface area (Å²) >= 11 is 0. The van der Waals surface area contributed by atoms with E-state index in [1.165, 1.54) is 5.56 Å². The molecule has 0 heterocycles. The van der Waals surface area contributed by atoms with Gasteiger partial charge in [0.2, 0.25) is 0 Å². The van der Waals surface area contributed by atoms with E-state index in [4.69, 9.17) is 14.6 Å². The predicted octanol–water partition coefficient (Wildman–Crippen LogP) is 2.87. The highest BCUT2D eigenvalue weighted by atomic mass is 16.5. The molecule has 0 saturated heterocycles. The van der Waals surface area contributed by atoms with Gasteiger partial charge in [-0.1, -0.05) is 35.9 Å². The molecule has 1 atom stereocenters. The average Bonchev–Trinajstić information content (AvgIpc) is 2.59. The number of hydrogen-bond donors (Lipinski definition) is 2. The molecule has 23 heavy (non-hydrogen) atoms. The minimum absolute atomic E-state index is 0.215. The molecule has 0 aliphatic rings. The van der Waals surface area contributed by atoms with E-state index in [0.29, 0.717) is 30.9 Å². The van der Waals surface area contributed by atoms with Crippen LogP contribution in [0.2, 0.25) is 0 Å². The summed E-state index contributed by atoms with van der Waals surface area (Å²) in [6.45, 7) is 2.31. The van der Waals surface area contributed by atoms with Gasteiger partial charge in [0, 0.05) is 0 Å². The number of rotatable bonds is 8. The number of aliphatic hydroxyl groups excluding tert-OH is 2. The molecule has 0 saturated carbocycles. The van der Waals surface area contributed by atoms with Crippen molar-refractivity contribution in [3.63, 3.8) is 0 Å². The van der Waals surface area contributed by atoms with Crippen molar-refractivity contribution in [2.24, 2.45) is 0 Å². The number of aryl methyl sites for hydroxylation is 2. The van der Waals surface area contributed by atoms with E-state index < -0.39 is 6.10 Å². The van der Waals surface area contributed by atoms with E-state index in [-0.39, 0.29) is 6.61 Å². The van der Waals surface area contributed by atoms with Gasteiger partial charge >= 0.3 is 0 Å². The Morgan fingerprint density at radius 3 is 2.35 bits per heavy atom. The van der Waals surface area contributed by atoms with Gasteiger partial charge in [0.05, 0.1) is 19.8 Å². The van der Waals surface area contributed by atoms with E-state index in [0.717, 1.165) is 11.1 Å². The van der Waals surface area contributed by atoms with Crippen molar-refractivity contribution in [1.29, 1.82) is 0 Å². The maximum atomic E-state index is 9.46. The van der Waals surface area contributed by atoms with Gasteiger partial charge in [-0.2, -0.15) is 0 Å². The van der Waals surface area contributed by atoms with Crippen LogP contribution in [0.15, 0.2) is 42.5 Å². The lowest BCUT2D eigenvalue weighted by Gasteiger charge is -2.13. The molecule has 2 N–H and O–H groups in total. The normalized spacial score (nSPS) is 12.0. The van der Waals surface area contributed by atoms with Crippen LogP contribution in [0.1, 0.15) is 23.1 Å². The van der Waals surface area contributed by atoms with Crippen molar-refractivity contribution in [2.75, 3.05) is 13.7 Å². The number of methoxy groups -OCH3 is 1. The second kappa shape index (κ2) is 8.56. The number of aliphatic hydroxyl groups is 2. The van der Waals surface area contributed by atoms with Crippen molar-refractivity contribution in [2.45, 2.75) is 32.5 Å². The lowest BCUT2D eigenvalue weighted by Crippen LogP contribution is -2.12. The molecule has 0 amide bonds. The fourth-order valence-corrected chi connectivity index (χ4v) is 2.26. The van der Waals surface area contributed by atoms with Crippen LogP contribution in [0.5, 0.6) is 11.5 Å². The Balaban J connectivity index is 2.04. The van der Waals surface area contributed by atoms with Gasteiger partial charge in [0.25, 0.3) is 0 Å². The number of ether oxygens (including phenoxy) is 2. The van der Waals surface area contributed by atoms with Gasteiger partial charge in [-0.25, -0.2) is 0 Å². The Bertz CT molecular complexity index is 607. The van der Waals surface area contributed by atoms with Crippen LogP contribution in [-0.4, -0.2) is 30.0 Å². The lowest BCUT2D eigenvalue weighted by molar-refractivity contribution is 0.0885. The Morgan fingerprint density at radius 2 is 1.70 bits per heavy atom. The molecule has 2 rings (SSSR count). The Hall–Kier alpha value is -2.04. The molecule has 0 aromatic heterocycles. The van der Waals surface area contributed by atoms with Crippen molar-refractivity contribution in [3.05, 3.63) is 59.2 Å². The molecular formula is C19H24O4. The SMILES string of the molecule is COc1ccc(CCC(O)CO)cc1OCc1ccc(C)cc1. The second-order valence-corrected chi connectivity index (χ2v) is 5.63. The van der Waals surface area contributed by atoms with E-state index in [9.17, 15) is 5.11 Å². The van der Waals surface area contributed by atoms with Crippen LogP contribution in [0.3, 0.4) is 0 Å². The summed E-state index contributed by atoms with van der Waals surface area (Å²) in [5, 5.41) is 18.3. The average molecular weight is 316 g/mol. The van der Waals surface area contributed by atoms with Crippen molar-refractivity contribution in [1.82, 2.24) is 0 Å². The maximum absolute atomic E-state index is 9.46. The summed E-state index contributed by atoms with van der Waals surface area (Å²) in [6, 6.07) is 13.9. The lowest BCUT2D eigenvalue weighted by atomic mass is 10.1. The third kappa shape index (κ3) is 5.27. The molecule has 0 aliphatic heterocycles. The third-order valence-electron chi connectivity index (χ3n) is 3.72. The first kappa shape index (κ1) is 17.3. The summed E-state index contributed by atoms with van der Waals surface area (Å²) in [5.74, 6) is 1.37. The molecule has 4 heteroatoms. The molecule has 2 aromatic carbocycles. The van der Waals surface area contributed by atoms with E-state index in [1.54, 1.807) is 7.11 Å². The topological polar surface area (TPSA) is 58.9 Å². The molecule has 1 unspecified atom stereocenters. The Morgan fingerprint density at radius 1 is 1.00 bits per heavy atom. The maximum Gasteiger partial charge on any atom is 0.161 e. The molecule has 2 aromatic rings. The van der Waals surface area contributed by atoms with Crippen LogP contribution in [0, 0.1) is 6.92 Å². The largest absolute Gasteiger partial charge is 0.493 e. The zero-order valence-electron chi connectivity index (χ0n) is 13.7. The van der Waals surface area contributed by atoms with Crippen LogP contribution < -0.4 is 9.47 Å². The predicted molar refractivity (Wildman–Crippen MR) is 89.9 cm³/mol. The van der Waals surface area contributed by atoms with Gasteiger partial charge in [-0.3, -0.25) is 0 Å². The van der Waals surface area contributed by atoms with Crippen molar-refractivity contribution < 1.29 is 19.7 Å². The van der Waals surface area contributed by atoms with E-state index >= 15 is 0 Å². The smallest absolute Gasteiger partial charge is 0.161 e. The fraction of sp³-hybridized carbons (Fsp3) is 0.368. The molecule has 0 aliphatic carbocycles. The van der Waals surface area contributed by atoms with Crippen LogP contribution in [-0.2, 0) is 13.0 Å². The minimum atomic E-state index is -0.686. The summed E-state index contributed by atoms with van der Waals surface area (Å²) < 4.78 is 11.2. The van der Waals surface area contributed by atoms with Crippen LogP contribution in [0.25, 0.3) is 0 Å². The van der Waals surface area contributed by atoms with E-state index in [1.807, 2.05) is 30.3 Å². The standard InChI is InChI=1S/C19H24O4/c1-14-3-5-16(6-4-14)13-23-19-11-15(7-9-17(21)12-20)8-10-18(19)22-2/h3-6,8,10-11,17,20-21H,7,9,12-13H2,1-2H3. The first-order valence-corrected chi connectivity index (χ1v) is 7.76. The summed E-state index contributed by atoms with van der Waals surface area (Å²) in [6.07, 6.45) is 0.501. The van der Waals surface area contributed by atoms with Gasteiger partial charge in [0.15, 0.2) is 11.5 Å². The summed E-state index contributed by atoms with van der Waals surface area (Å²) in [4.78, 5) is 0. The van der Waals surface area contributed by atoms with E-state index in [2.05, 4.69) is 19.1 Å². The van der Waals surface area contributed by atoms with Gasteiger partial charge in [-0.15, -0.1) is 0 Å². The van der Waals surface area contributed by atoms with Crippen LogP contribution >= 0.6 is 0 Å².